The summed E-state index contributed by atoms with van der Waals surface area (Å²) in [5, 5.41) is 27.5. The molecule has 3 N–H and O–H groups in total. The fourth-order valence-electron chi connectivity index (χ4n) is 1.48. The predicted molar refractivity (Wildman–Crippen MR) is 42.6 cm³/mol. The van der Waals surface area contributed by atoms with E-state index in [1.54, 1.807) is 0 Å². The summed E-state index contributed by atoms with van der Waals surface area (Å²) in [4.78, 5) is 0. The largest absolute Gasteiger partial charge is 0.394 e. The van der Waals surface area contributed by atoms with Crippen LogP contribution in [0.5, 0.6) is 0 Å². The van der Waals surface area contributed by atoms with Crippen LogP contribution >= 0.6 is 0 Å². The molecule has 1 heterocycles. The number of hydrogen-bond acceptors (Lipinski definition) is 4. The van der Waals surface area contributed by atoms with Crippen molar-refractivity contribution in [3.05, 3.63) is 0 Å². The minimum Gasteiger partial charge on any atom is -0.394 e. The van der Waals surface area contributed by atoms with Crippen molar-refractivity contribution >= 4 is 0 Å². The van der Waals surface area contributed by atoms with Gasteiger partial charge in [-0.2, -0.15) is 0 Å². The summed E-state index contributed by atoms with van der Waals surface area (Å²) in [6.07, 6.45) is -2.82. The van der Waals surface area contributed by atoms with E-state index in [9.17, 15) is 10.2 Å². The minimum absolute atomic E-state index is 0.145. The van der Waals surface area contributed by atoms with Crippen molar-refractivity contribution in [2.24, 2.45) is 5.92 Å². The Labute approximate surface area is 71.8 Å². The molecule has 0 saturated carbocycles. The Kier molecular flexibility index (Phi) is 3.06. The van der Waals surface area contributed by atoms with Crippen molar-refractivity contribution in [2.45, 2.75) is 38.3 Å². The molecule has 0 spiro atoms. The second-order valence-corrected chi connectivity index (χ2v) is 3.55. The normalized spacial score (nSPS) is 42.5. The molecule has 1 aliphatic rings. The van der Waals surface area contributed by atoms with Gasteiger partial charge < -0.3 is 20.1 Å². The molecule has 0 aromatic rings. The monoisotopic (exact) mass is 176 g/mol. The molecular formula is C8H16O4. The second-order valence-electron chi connectivity index (χ2n) is 3.55. The molecule has 1 aliphatic heterocycles. The Bertz CT molecular complexity index is 148. The average molecular weight is 176 g/mol. The third-order valence-corrected chi connectivity index (χ3v) is 2.24. The topological polar surface area (TPSA) is 69.9 Å². The standard InChI is InChI=1S/C8H16O4/c1-4(2)8-7(11)6(10)5(3-9)12-8/h4-11H,3H2,1-2H3/t5-,6-,7-,8+/m0/s1. The molecule has 0 unspecified atom stereocenters. The molecule has 0 bridgehead atoms. The van der Waals surface area contributed by atoms with Gasteiger partial charge in [-0.3, -0.25) is 0 Å². The molecule has 4 heteroatoms. The van der Waals surface area contributed by atoms with E-state index in [-0.39, 0.29) is 18.6 Å². The molecular weight excluding hydrogens is 160 g/mol. The number of hydrogen-bond donors (Lipinski definition) is 3. The molecule has 0 amide bonds. The van der Waals surface area contributed by atoms with Crippen molar-refractivity contribution in [1.82, 2.24) is 0 Å². The van der Waals surface area contributed by atoms with Gasteiger partial charge in [0, 0.05) is 0 Å². The maximum atomic E-state index is 9.44. The summed E-state index contributed by atoms with van der Waals surface area (Å²) < 4.78 is 5.25. The van der Waals surface area contributed by atoms with Gasteiger partial charge in [0.25, 0.3) is 0 Å². The SMILES string of the molecule is CC(C)[C@H]1O[C@@H](CO)[C@H](O)[C@@H]1O. The van der Waals surface area contributed by atoms with Crippen LogP contribution in [-0.2, 0) is 4.74 Å². The van der Waals surface area contributed by atoms with Gasteiger partial charge in [0.2, 0.25) is 0 Å². The summed E-state index contributed by atoms with van der Waals surface area (Å²) in [6.45, 7) is 3.56. The quantitative estimate of drug-likeness (QED) is 0.511. The summed E-state index contributed by atoms with van der Waals surface area (Å²) in [5.74, 6) is 0.145. The highest BCUT2D eigenvalue weighted by atomic mass is 16.6. The maximum absolute atomic E-state index is 9.44. The van der Waals surface area contributed by atoms with Crippen LogP contribution in [-0.4, -0.2) is 46.3 Å². The van der Waals surface area contributed by atoms with Gasteiger partial charge in [-0.15, -0.1) is 0 Å². The highest BCUT2D eigenvalue weighted by Crippen LogP contribution is 2.25. The zero-order valence-corrected chi connectivity index (χ0v) is 7.34. The zero-order valence-electron chi connectivity index (χ0n) is 7.34. The zero-order chi connectivity index (χ0) is 9.30. The van der Waals surface area contributed by atoms with E-state index in [2.05, 4.69) is 0 Å². The first-order valence-corrected chi connectivity index (χ1v) is 4.20. The third kappa shape index (κ3) is 1.61. The van der Waals surface area contributed by atoms with Crippen LogP contribution in [0.25, 0.3) is 0 Å². The molecule has 1 rings (SSSR count). The lowest BCUT2D eigenvalue weighted by Gasteiger charge is -2.17. The molecule has 72 valence electrons. The van der Waals surface area contributed by atoms with Gasteiger partial charge in [0.1, 0.15) is 18.3 Å². The van der Waals surface area contributed by atoms with Crippen LogP contribution in [0, 0.1) is 5.92 Å². The Morgan fingerprint density at radius 2 is 1.83 bits per heavy atom. The summed E-state index contributed by atoms with van der Waals surface area (Å²) in [6, 6.07) is 0. The fraction of sp³-hybridized carbons (Fsp3) is 1.00. The highest BCUT2D eigenvalue weighted by molar-refractivity contribution is 4.91. The van der Waals surface area contributed by atoms with Crippen LogP contribution in [0.3, 0.4) is 0 Å². The lowest BCUT2D eigenvalue weighted by Crippen LogP contribution is -2.35. The molecule has 12 heavy (non-hydrogen) atoms. The lowest BCUT2D eigenvalue weighted by molar-refractivity contribution is -0.0369. The Hall–Kier alpha value is -0.160. The van der Waals surface area contributed by atoms with Gasteiger partial charge in [-0.05, 0) is 5.92 Å². The van der Waals surface area contributed by atoms with Gasteiger partial charge in [0.15, 0.2) is 0 Å². The van der Waals surface area contributed by atoms with Crippen molar-refractivity contribution in [2.75, 3.05) is 6.61 Å². The van der Waals surface area contributed by atoms with Crippen LogP contribution in [0.1, 0.15) is 13.8 Å². The van der Waals surface area contributed by atoms with Gasteiger partial charge in [-0.1, -0.05) is 13.8 Å². The molecule has 0 aromatic carbocycles. The van der Waals surface area contributed by atoms with Gasteiger partial charge in [-0.25, -0.2) is 0 Å². The molecule has 0 aromatic heterocycles. The van der Waals surface area contributed by atoms with Gasteiger partial charge in [0.05, 0.1) is 12.7 Å². The third-order valence-electron chi connectivity index (χ3n) is 2.24. The maximum Gasteiger partial charge on any atom is 0.111 e. The molecule has 0 aliphatic carbocycles. The number of rotatable bonds is 2. The lowest BCUT2D eigenvalue weighted by atomic mass is 10.00. The number of aliphatic hydroxyl groups is 3. The average Bonchev–Trinajstić information content (AvgIpc) is 2.30. The van der Waals surface area contributed by atoms with Crippen molar-refractivity contribution < 1.29 is 20.1 Å². The van der Waals surface area contributed by atoms with Crippen LogP contribution in [0.4, 0.5) is 0 Å². The van der Waals surface area contributed by atoms with E-state index >= 15 is 0 Å². The molecule has 1 saturated heterocycles. The van der Waals surface area contributed by atoms with Crippen LogP contribution in [0.2, 0.25) is 0 Å². The van der Waals surface area contributed by atoms with Crippen molar-refractivity contribution in [3.63, 3.8) is 0 Å². The van der Waals surface area contributed by atoms with E-state index in [0.29, 0.717) is 0 Å². The van der Waals surface area contributed by atoms with Crippen molar-refractivity contribution in [1.29, 1.82) is 0 Å². The Morgan fingerprint density at radius 3 is 2.08 bits per heavy atom. The fourth-order valence-corrected chi connectivity index (χ4v) is 1.48. The summed E-state index contributed by atoms with van der Waals surface area (Å²) >= 11 is 0. The minimum atomic E-state index is -0.956. The van der Waals surface area contributed by atoms with E-state index < -0.39 is 18.3 Å². The number of aliphatic hydroxyl groups excluding tert-OH is 3. The molecule has 1 fully saturated rings. The summed E-state index contributed by atoms with van der Waals surface area (Å²) in [5.41, 5.74) is 0. The number of ether oxygens (including phenoxy) is 1. The molecule has 0 radical (unpaired) electrons. The van der Waals surface area contributed by atoms with Crippen LogP contribution in [0.15, 0.2) is 0 Å². The van der Waals surface area contributed by atoms with E-state index in [1.165, 1.54) is 0 Å². The van der Waals surface area contributed by atoms with E-state index in [1.807, 2.05) is 13.8 Å². The van der Waals surface area contributed by atoms with Crippen LogP contribution < -0.4 is 0 Å². The molecule has 4 atom stereocenters. The van der Waals surface area contributed by atoms with Gasteiger partial charge >= 0.3 is 0 Å². The predicted octanol–water partition coefficient (Wildman–Crippen LogP) is -0.876. The second kappa shape index (κ2) is 3.70. The Balaban J connectivity index is 2.60. The first-order chi connectivity index (χ1) is 5.57. The molecule has 4 nitrogen and oxygen atoms in total. The Morgan fingerprint density at radius 1 is 1.25 bits per heavy atom. The highest BCUT2D eigenvalue weighted by Gasteiger charge is 2.43. The first kappa shape index (κ1) is 9.92. The van der Waals surface area contributed by atoms with E-state index in [4.69, 9.17) is 9.84 Å². The first-order valence-electron chi connectivity index (χ1n) is 4.20. The van der Waals surface area contributed by atoms with E-state index in [0.717, 1.165) is 0 Å². The summed E-state index contributed by atoms with van der Waals surface area (Å²) in [7, 11) is 0. The van der Waals surface area contributed by atoms with Crippen molar-refractivity contribution in [3.8, 4) is 0 Å². The smallest absolute Gasteiger partial charge is 0.111 e.